The van der Waals surface area contributed by atoms with Crippen molar-refractivity contribution in [3.05, 3.63) is 178 Å². The zero-order chi connectivity index (χ0) is 31.4. The second-order valence-electron chi connectivity index (χ2n) is 11.1. The van der Waals surface area contributed by atoms with E-state index in [1.807, 2.05) is 60.7 Å². The van der Waals surface area contributed by atoms with Gasteiger partial charge in [0.1, 0.15) is 5.69 Å². The topological polar surface area (TPSA) is 93.0 Å². The summed E-state index contributed by atoms with van der Waals surface area (Å²) in [6, 6.07) is 39.2. The van der Waals surface area contributed by atoms with Crippen LogP contribution in [0.1, 0.15) is 63.7 Å². The molecule has 0 heterocycles. The van der Waals surface area contributed by atoms with E-state index in [0.717, 1.165) is 11.1 Å². The predicted octanol–water partition coefficient (Wildman–Crippen LogP) is 8.99. The quantitative estimate of drug-likeness (QED) is 0.190. The number of hydrogen-bond donors (Lipinski definition) is 0. The first kappa shape index (κ1) is 27.2. The second-order valence-corrected chi connectivity index (χ2v) is 11.1. The average molecular weight is 595 g/mol. The largest absolute Gasteiger partial charge is 0.289 e. The van der Waals surface area contributed by atoms with Crippen LogP contribution in [0.3, 0.4) is 0 Å². The molecule has 216 valence electrons. The third-order valence-electron chi connectivity index (χ3n) is 8.52. The summed E-state index contributed by atoms with van der Waals surface area (Å²) < 4.78 is 0. The van der Waals surface area contributed by atoms with E-state index in [0.29, 0.717) is 27.8 Å². The zero-order valence-corrected chi connectivity index (χ0v) is 24.2. The van der Waals surface area contributed by atoms with Crippen LogP contribution in [0.15, 0.2) is 144 Å². The van der Waals surface area contributed by atoms with Crippen molar-refractivity contribution in [2.75, 3.05) is 0 Å². The molecule has 6 aromatic carbocycles. The number of carbonyl (C=O) groups is 4. The summed E-state index contributed by atoms with van der Waals surface area (Å²) in [5.41, 5.74) is 5.34. The van der Waals surface area contributed by atoms with Gasteiger partial charge in [0.05, 0.1) is 16.8 Å². The minimum absolute atomic E-state index is 0.142. The summed E-state index contributed by atoms with van der Waals surface area (Å²) >= 11 is 0. The van der Waals surface area contributed by atoms with E-state index in [-0.39, 0.29) is 62.3 Å². The fraction of sp³-hybridized carbons (Fsp3) is 0. The second kappa shape index (κ2) is 10.6. The molecule has 0 unspecified atom stereocenters. The van der Waals surface area contributed by atoms with Gasteiger partial charge in [0, 0.05) is 38.9 Å². The summed E-state index contributed by atoms with van der Waals surface area (Å²) in [4.78, 5) is 55.3. The van der Waals surface area contributed by atoms with E-state index < -0.39 is 0 Å². The first-order chi connectivity index (χ1) is 22.5. The van der Waals surface area contributed by atoms with E-state index >= 15 is 0 Å². The maximum Gasteiger partial charge on any atom is 0.196 e. The smallest absolute Gasteiger partial charge is 0.196 e. The van der Waals surface area contributed by atoms with Crippen molar-refractivity contribution in [2.45, 2.75) is 0 Å². The van der Waals surface area contributed by atoms with Crippen LogP contribution >= 0.6 is 0 Å². The lowest BCUT2D eigenvalue weighted by atomic mass is 9.79. The molecular weight excluding hydrogens is 572 g/mol. The molecule has 0 saturated carbocycles. The lowest BCUT2D eigenvalue weighted by Crippen LogP contribution is -2.21. The molecule has 0 atom stereocenters. The molecule has 8 rings (SSSR count). The Balaban J connectivity index is 1.42. The number of azo groups is 1. The van der Waals surface area contributed by atoms with E-state index in [4.69, 9.17) is 5.11 Å². The minimum Gasteiger partial charge on any atom is -0.289 e. The van der Waals surface area contributed by atoms with E-state index in [1.165, 1.54) is 0 Å². The van der Waals surface area contributed by atoms with Crippen LogP contribution in [-0.2, 0) is 0 Å². The molecule has 0 saturated heterocycles. The molecule has 0 bridgehead atoms. The van der Waals surface area contributed by atoms with Gasteiger partial charge in [-0.3, -0.25) is 19.2 Å². The lowest BCUT2D eigenvalue weighted by molar-refractivity contribution is 0.0979. The van der Waals surface area contributed by atoms with Gasteiger partial charge in [-0.15, -0.1) is 10.2 Å². The molecule has 0 spiro atoms. The van der Waals surface area contributed by atoms with Crippen LogP contribution in [0.5, 0.6) is 0 Å². The van der Waals surface area contributed by atoms with Crippen LogP contribution in [0.2, 0.25) is 0 Å². The molecule has 0 radical (unpaired) electrons. The molecule has 6 heteroatoms. The van der Waals surface area contributed by atoms with Crippen molar-refractivity contribution in [3.63, 3.8) is 0 Å². The summed E-state index contributed by atoms with van der Waals surface area (Å²) in [6.45, 7) is 0. The molecule has 6 nitrogen and oxygen atoms in total. The molecule has 46 heavy (non-hydrogen) atoms. The van der Waals surface area contributed by atoms with Crippen molar-refractivity contribution in [2.24, 2.45) is 10.2 Å². The molecule has 0 aromatic heterocycles. The van der Waals surface area contributed by atoms with E-state index in [1.54, 1.807) is 72.8 Å². The highest BCUT2D eigenvalue weighted by Gasteiger charge is 2.35. The third kappa shape index (κ3) is 4.12. The molecule has 0 fully saturated rings. The third-order valence-corrected chi connectivity index (χ3v) is 8.52. The van der Waals surface area contributed by atoms with Crippen molar-refractivity contribution in [1.82, 2.24) is 0 Å². The normalized spacial score (nSPS) is 13.3. The molecule has 6 aromatic rings. The van der Waals surface area contributed by atoms with E-state index in [9.17, 15) is 19.2 Å². The monoisotopic (exact) mass is 594 g/mol. The summed E-state index contributed by atoms with van der Waals surface area (Å²) in [7, 11) is 0. The van der Waals surface area contributed by atoms with Gasteiger partial charge in [-0.2, -0.15) is 0 Å². The molecule has 0 N–H and O–H groups in total. The highest BCUT2D eigenvalue weighted by atomic mass is 16.1. The van der Waals surface area contributed by atoms with Crippen molar-refractivity contribution < 1.29 is 19.2 Å². The van der Waals surface area contributed by atoms with E-state index in [2.05, 4.69) is 5.11 Å². The molecular formula is C40H22N2O4. The van der Waals surface area contributed by atoms with Gasteiger partial charge in [0.2, 0.25) is 0 Å². The first-order valence-electron chi connectivity index (χ1n) is 14.8. The Labute approximate surface area is 263 Å². The lowest BCUT2D eigenvalue weighted by Gasteiger charge is -2.23. The zero-order valence-electron chi connectivity index (χ0n) is 24.2. The fourth-order valence-electron chi connectivity index (χ4n) is 6.39. The number of fused-ring (bicyclic) bond motifs is 4. The van der Waals surface area contributed by atoms with Crippen LogP contribution in [-0.4, -0.2) is 23.1 Å². The number of ketones is 4. The molecule has 2 aliphatic carbocycles. The number of hydrogen-bond acceptors (Lipinski definition) is 6. The number of rotatable bonds is 4. The van der Waals surface area contributed by atoms with Gasteiger partial charge in [0.15, 0.2) is 23.1 Å². The van der Waals surface area contributed by atoms with Gasteiger partial charge in [-0.05, 0) is 28.8 Å². The number of benzene rings is 6. The molecule has 2 aliphatic rings. The maximum absolute atomic E-state index is 14.2. The van der Waals surface area contributed by atoms with Gasteiger partial charge < -0.3 is 0 Å². The average Bonchev–Trinajstić information content (AvgIpc) is 3.12. The Hall–Kier alpha value is -6.40. The van der Waals surface area contributed by atoms with Crippen molar-refractivity contribution in [3.8, 4) is 22.3 Å². The maximum atomic E-state index is 14.2. The summed E-state index contributed by atoms with van der Waals surface area (Å²) in [5.74, 6) is -1.23. The van der Waals surface area contributed by atoms with Crippen LogP contribution in [0.4, 0.5) is 11.4 Å². The first-order valence-corrected chi connectivity index (χ1v) is 14.8. The van der Waals surface area contributed by atoms with Crippen LogP contribution < -0.4 is 0 Å². The summed E-state index contributed by atoms with van der Waals surface area (Å²) in [6.07, 6.45) is 0. The molecule has 0 amide bonds. The van der Waals surface area contributed by atoms with Gasteiger partial charge >= 0.3 is 0 Å². The Kier molecular flexibility index (Phi) is 6.29. The number of nitrogens with zero attached hydrogens (tertiary/aromatic N) is 2. The highest BCUT2D eigenvalue weighted by Crippen LogP contribution is 2.47. The fourth-order valence-corrected chi connectivity index (χ4v) is 6.39. The van der Waals surface area contributed by atoms with Crippen molar-refractivity contribution >= 4 is 34.5 Å². The molecule has 0 aliphatic heterocycles. The summed E-state index contributed by atoms with van der Waals surface area (Å²) in [5, 5.41) is 9.30. The SMILES string of the molecule is O=C1c2ccccc2C(=O)c2c(N=Nc3c4c(cc(-c5ccccc5)c3-c3ccccc3)C(=O)c3ccccc3C4=O)cccc21. The highest BCUT2D eigenvalue weighted by molar-refractivity contribution is 6.32. The van der Waals surface area contributed by atoms with Crippen molar-refractivity contribution in [1.29, 1.82) is 0 Å². The Bertz CT molecular complexity index is 2320. The van der Waals surface area contributed by atoms with Gasteiger partial charge in [-0.1, -0.05) is 121 Å². The minimum atomic E-state index is -0.341. The standard InChI is InChI=1S/C40H22N2O4/c43-37-25-16-7-9-18-27(25)39(45)34-29(37)20-11-21-32(34)41-42-36-33(24-14-5-2-6-15-24)30(23-12-3-1-4-13-23)22-31-35(36)40(46)28-19-10-8-17-26(28)38(31)44/h1-22H. The van der Waals surface area contributed by atoms with Crippen LogP contribution in [0.25, 0.3) is 22.3 Å². The van der Waals surface area contributed by atoms with Gasteiger partial charge in [0.25, 0.3) is 0 Å². The van der Waals surface area contributed by atoms with Crippen LogP contribution in [0, 0.1) is 0 Å². The predicted molar refractivity (Wildman–Crippen MR) is 175 cm³/mol. The Morgan fingerprint density at radius 2 is 0.804 bits per heavy atom. The Morgan fingerprint density at radius 3 is 1.41 bits per heavy atom. The van der Waals surface area contributed by atoms with Gasteiger partial charge in [-0.25, -0.2) is 0 Å². The number of carbonyl (C=O) groups excluding carboxylic acids is 4. The Morgan fingerprint density at radius 1 is 0.326 bits per heavy atom.